The summed E-state index contributed by atoms with van der Waals surface area (Å²) in [6.45, 7) is 5.76. The van der Waals surface area contributed by atoms with Gasteiger partial charge >= 0.3 is 4.87 Å². The molecule has 1 fully saturated rings. The molecule has 3 aromatic carbocycles. The first-order valence-electron chi connectivity index (χ1n) is 12.4. The number of benzene rings is 3. The van der Waals surface area contributed by atoms with Gasteiger partial charge in [0.1, 0.15) is 0 Å². The predicted molar refractivity (Wildman–Crippen MR) is 144 cm³/mol. The van der Waals surface area contributed by atoms with Gasteiger partial charge in [-0.05, 0) is 86.7 Å². The Morgan fingerprint density at radius 3 is 2.43 bits per heavy atom. The van der Waals surface area contributed by atoms with E-state index in [2.05, 4.69) is 52.7 Å². The Morgan fingerprint density at radius 2 is 1.71 bits per heavy atom. The summed E-state index contributed by atoms with van der Waals surface area (Å²) in [6, 6.07) is 24.3. The largest absolute Gasteiger partial charge is 0.322 e. The summed E-state index contributed by atoms with van der Waals surface area (Å²) in [5.41, 5.74) is 4.92. The minimum absolute atomic E-state index is 0.0296. The van der Waals surface area contributed by atoms with Crippen LogP contribution >= 0.6 is 11.3 Å². The van der Waals surface area contributed by atoms with Crippen molar-refractivity contribution in [3.8, 4) is 0 Å². The fourth-order valence-corrected chi connectivity index (χ4v) is 5.96. The molecule has 180 valence electrons. The third kappa shape index (κ3) is 5.55. The van der Waals surface area contributed by atoms with Gasteiger partial charge in [-0.1, -0.05) is 53.8 Å². The minimum atomic E-state index is -0.139. The Kier molecular flexibility index (Phi) is 7.11. The summed E-state index contributed by atoms with van der Waals surface area (Å²) < 4.78 is 2.63. The van der Waals surface area contributed by atoms with Gasteiger partial charge in [0.05, 0.1) is 10.2 Å². The van der Waals surface area contributed by atoms with E-state index in [0.29, 0.717) is 17.8 Å². The van der Waals surface area contributed by atoms with Crippen LogP contribution in [0.3, 0.4) is 0 Å². The summed E-state index contributed by atoms with van der Waals surface area (Å²) >= 11 is 1.21. The smallest absolute Gasteiger partial charge is 0.308 e. The number of nitrogens with one attached hydrogen (secondary N) is 1. The van der Waals surface area contributed by atoms with Crippen molar-refractivity contribution in [3.63, 3.8) is 0 Å². The van der Waals surface area contributed by atoms with Crippen molar-refractivity contribution >= 4 is 33.1 Å². The normalized spacial score (nSPS) is 14.9. The molecule has 0 spiro atoms. The van der Waals surface area contributed by atoms with Gasteiger partial charge in [0.15, 0.2) is 0 Å². The van der Waals surface area contributed by atoms with E-state index in [4.69, 9.17) is 0 Å². The first-order chi connectivity index (χ1) is 17.1. The molecule has 1 aliphatic heterocycles. The zero-order valence-corrected chi connectivity index (χ0v) is 20.9. The number of carbonyl (C=O) groups excluding carboxylic acids is 1. The lowest BCUT2D eigenvalue weighted by Crippen LogP contribution is -2.33. The molecule has 5 nitrogen and oxygen atoms in total. The van der Waals surface area contributed by atoms with Crippen molar-refractivity contribution in [1.29, 1.82) is 0 Å². The number of aryl methyl sites for hydroxylation is 1. The van der Waals surface area contributed by atoms with Gasteiger partial charge in [0.2, 0.25) is 0 Å². The number of hydrogen-bond acceptors (Lipinski definition) is 4. The molecule has 2 heterocycles. The van der Waals surface area contributed by atoms with Crippen LogP contribution in [0.15, 0.2) is 77.6 Å². The SMILES string of the molecule is CCn1c(=O)sc2cc(NC(=O)c3ccc(CN4CCC(Cc5ccccc5)CC4)cc3)ccc21. The lowest BCUT2D eigenvalue weighted by molar-refractivity contribution is 0.102. The highest BCUT2D eigenvalue weighted by Gasteiger charge is 2.19. The fourth-order valence-electron chi connectivity index (χ4n) is 4.96. The average Bonchev–Trinajstić information content (AvgIpc) is 3.20. The summed E-state index contributed by atoms with van der Waals surface area (Å²) in [4.78, 5) is 27.4. The first-order valence-corrected chi connectivity index (χ1v) is 13.2. The maximum Gasteiger partial charge on any atom is 0.308 e. The Bertz CT molecular complexity index is 1350. The van der Waals surface area contributed by atoms with Crippen LogP contribution in [0.1, 0.15) is 41.3 Å². The molecule has 6 heteroatoms. The summed E-state index contributed by atoms with van der Waals surface area (Å²) in [7, 11) is 0. The molecule has 1 saturated heterocycles. The number of carbonyl (C=O) groups is 1. The van der Waals surface area contributed by atoms with Gasteiger partial charge in [-0.3, -0.25) is 19.1 Å². The molecule has 35 heavy (non-hydrogen) atoms. The molecule has 1 N–H and O–H groups in total. The first kappa shape index (κ1) is 23.5. The number of rotatable bonds is 7. The van der Waals surface area contributed by atoms with E-state index in [1.165, 1.54) is 41.7 Å². The number of likely N-dealkylation sites (tertiary alicyclic amines) is 1. The van der Waals surface area contributed by atoms with Crippen molar-refractivity contribution in [2.75, 3.05) is 18.4 Å². The van der Waals surface area contributed by atoms with Crippen LogP contribution in [-0.2, 0) is 19.5 Å². The van der Waals surface area contributed by atoms with Crippen LogP contribution in [0, 0.1) is 5.92 Å². The maximum absolute atomic E-state index is 12.8. The highest BCUT2D eigenvalue weighted by Crippen LogP contribution is 2.24. The van der Waals surface area contributed by atoms with Gasteiger partial charge < -0.3 is 5.32 Å². The van der Waals surface area contributed by atoms with E-state index >= 15 is 0 Å². The van der Waals surface area contributed by atoms with Gasteiger partial charge in [0.25, 0.3) is 5.91 Å². The van der Waals surface area contributed by atoms with Crippen molar-refractivity contribution in [1.82, 2.24) is 9.47 Å². The molecule has 4 aromatic rings. The number of fused-ring (bicyclic) bond motifs is 1. The molecular formula is C29H31N3O2S. The Hall–Kier alpha value is -3.22. The van der Waals surface area contributed by atoms with Crippen molar-refractivity contribution in [2.24, 2.45) is 5.92 Å². The Morgan fingerprint density at radius 1 is 0.971 bits per heavy atom. The molecule has 0 radical (unpaired) electrons. The number of hydrogen-bond donors (Lipinski definition) is 1. The van der Waals surface area contributed by atoms with Crippen molar-refractivity contribution < 1.29 is 4.79 Å². The molecule has 1 amide bonds. The van der Waals surface area contributed by atoms with E-state index in [-0.39, 0.29) is 10.8 Å². The minimum Gasteiger partial charge on any atom is -0.322 e. The topological polar surface area (TPSA) is 54.3 Å². The number of aromatic nitrogens is 1. The van der Waals surface area contributed by atoms with E-state index in [1.807, 2.05) is 37.3 Å². The van der Waals surface area contributed by atoms with Crippen LogP contribution in [0.25, 0.3) is 10.2 Å². The van der Waals surface area contributed by atoms with Gasteiger partial charge in [-0.25, -0.2) is 0 Å². The second kappa shape index (κ2) is 10.6. The molecule has 0 unspecified atom stereocenters. The fraction of sp³-hybridized carbons (Fsp3) is 0.310. The molecule has 0 bridgehead atoms. The average molecular weight is 486 g/mol. The molecule has 0 aliphatic carbocycles. The van der Waals surface area contributed by atoms with Gasteiger partial charge in [-0.15, -0.1) is 0 Å². The quantitative estimate of drug-likeness (QED) is 0.360. The Balaban J connectivity index is 1.14. The number of nitrogens with zero attached hydrogens (tertiary/aromatic N) is 2. The second-order valence-corrected chi connectivity index (χ2v) is 10.3. The number of piperidine rings is 1. The molecule has 0 saturated carbocycles. The van der Waals surface area contributed by atoms with E-state index in [1.54, 1.807) is 4.57 Å². The highest BCUT2D eigenvalue weighted by atomic mass is 32.1. The number of amides is 1. The summed E-state index contributed by atoms with van der Waals surface area (Å²) in [5, 5.41) is 2.97. The van der Waals surface area contributed by atoms with Crippen LogP contribution in [-0.4, -0.2) is 28.5 Å². The summed E-state index contributed by atoms with van der Waals surface area (Å²) in [5.74, 6) is 0.625. The van der Waals surface area contributed by atoms with Crippen LogP contribution in [0.5, 0.6) is 0 Å². The van der Waals surface area contributed by atoms with Crippen LogP contribution in [0.4, 0.5) is 5.69 Å². The highest BCUT2D eigenvalue weighted by molar-refractivity contribution is 7.16. The maximum atomic E-state index is 12.8. The number of anilines is 1. The van der Waals surface area contributed by atoms with Crippen molar-refractivity contribution in [2.45, 2.75) is 39.3 Å². The van der Waals surface area contributed by atoms with E-state index < -0.39 is 0 Å². The van der Waals surface area contributed by atoms with Crippen LogP contribution < -0.4 is 10.2 Å². The summed E-state index contributed by atoms with van der Waals surface area (Å²) in [6.07, 6.45) is 3.64. The van der Waals surface area contributed by atoms with Crippen LogP contribution in [0.2, 0.25) is 0 Å². The van der Waals surface area contributed by atoms with Gasteiger partial charge in [0, 0.05) is 24.3 Å². The lowest BCUT2D eigenvalue weighted by atomic mass is 9.90. The lowest BCUT2D eigenvalue weighted by Gasteiger charge is -2.32. The van der Waals surface area contributed by atoms with E-state index in [0.717, 1.165) is 35.8 Å². The number of thiazole rings is 1. The second-order valence-electron chi connectivity index (χ2n) is 9.36. The molecule has 0 atom stereocenters. The molecule has 1 aromatic heterocycles. The van der Waals surface area contributed by atoms with Crippen molar-refractivity contribution in [3.05, 3.63) is 99.2 Å². The third-order valence-electron chi connectivity index (χ3n) is 6.94. The predicted octanol–water partition coefficient (Wildman–Crippen LogP) is 5.79. The Labute approximate surface area is 210 Å². The zero-order chi connectivity index (χ0) is 24.2. The standard InChI is InChI=1S/C29H31N3O2S/c1-2-32-26-13-12-25(19-27(26)35-29(32)34)30-28(33)24-10-8-23(9-11-24)20-31-16-14-22(15-17-31)18-21-6-4-3-5-7-21/h3-13,19,22H,2,14-18,20H2,1H3,(H,30,33). The third-order valence-corrected chi connectivity index (χ3v) is 7.88. The monoisotopic (exact) mass is 485 g/mol. The van der Waals surface area contributed by atoms with Gasteiger partial charge in [-0.2, -0.15) is 0 Å². The molecule has 5 rings (SSSR count). The molecule has 1 aliphatic rings. The molecular weight excluding hydrogens is 454 g/mol. The van der Waals surface area contributed by atoms with E-state index in [9.17, 15) is 9.59 Å². The zero-order valence-electron chi connectivity index (χ0n) is 20.1.